The first-order valence-electron chi connectivity index (χ1n) is 10.1. The number of fused-ring (bicyclic) bond motifs is 1. The Morgan fingerprint density at radius 3 is 2.37 bits per heavy atom. The summed E-state index contributed by atoms with van der Waals surface area (Å²) in [5, 5.41) is 3.38. The van der Waals surface area contributed by atoms with Crippen LogP contribution >= 0.6 is 0 Å². The largest absolute Gasteiger partial charge is 0.444 e. The van der Waals surface area contributed by atoms with Gasteiger partial charge in [-0.05, 0) is 71.1 Å². The third kappa shape index (κ3) is 6.34. The van der Waals surface area contributed by atoms with Crippen molar-refractivity contribution in [3.8, 4) is 5.75 Å². The Morgan fingerprint density at radius 1 is 1.10 bits per heavy atom. The molecule has 0 spiro atoms. The van der Waals surface area contributed by atoms with Crippen LogP contribution in [0.15, 0.2) is 27.4 Å². The molecule has 0 aliphatic rings. The summed E-state index contributed by atoms with van der Waals surface area (Å²) in [7, 11) is 0. The van der Waals surface area contributed by atoms with Crippen LogP contribution in [0.4, 0.5) is 4.79 Å². The summed E-state index contributed by atoms with van der Waals surface area (Å²) in [6.07, 6.45) is 0.459. The zero-order valence-corrected chi connectivity index (χ0v) is 18.8. The number of nitrogens with one attached hydrogen (secondary N) is 1. The molecule has 30 heavy (non-hydrogen) atoms. The molecule has 1 unspecified atom stereocenters. The number of rotatable bonds is 6. The van der Waals surface area contributed by atoms with E-state index in [-0.39, 0.29) is 5.75 Å². The van der Waals surface area contributed by atoms with Crippen LogP contribution < -0.4 is 15.7 Å². The third-order valence-corrected chi connectivity index (χ3v) is 4.66. The highest BCUT2D eigenvalue weighted by Crippen LogP contribution is 2.24. The molecule has 1 heterocycles. The van der Waals surface area contributed by atoms with Crippen LogP contribution in [0.2, 0.25) is 0 Å². The fourth-order valence-corrected chi connectivity index (χ4v) is 2.88. The summed E-state index contributed by atoms with van der Waals surface area (Å²) in [6, 6.07) is 4.03. The molecule has 7 heteroatoms. The van der Waals surface area contributed by atoms with E-state index in [1.807, 2.05) is 20.8 Å². The molecule has 1 aromatic carbocycles. The van der Waals surface area contributed by atoms with Crippen molar-refractivity contribution in [2.24, 2.45) is 5.92 Å². The van der Waals surface area contributed by atoms with Gasteiger partial charge in [-0.1, -0.05) is 13.8 Å². The summed E-state index contributed by atoms with van der Waals surface area (Å²) in [6.45, 7) is 12.9. The number of alkyl carbamates (subject to hydrolysis) is 1. The van der Waals surface area contributed by atoms with Crippen LogP contribution in [0.1, 0.15) is 58.6 Å². The number of carbonyl (C=O) groups is 2. The van der Waals surface area contributed by atoms with Gasteiger partial charge in [0.25, 0.3) is 0 Å². The zero-order chi connectivity index (χ0) is 22.6. The van der Waals surface area contributed by atoms with Crippen molar-refractivity contribution in [1.29, 1.82) is 0 Å². The van der Waals surface area contributed by atoms with E-state index in [1.165, 1.54) is 6.07 Å². The lowest BCUT2D eigenvalue weighted by atomic mass is 10.0. The van der Waals surface area contributed by atoms with Crippen molar-refractivity contribution < 1.29 is 23.5 Å². The van der Waals surface area contributed by atoms with Gasteiger partial charge in [-0.2, -0.15) is 0 Å². The Bertz CT molecular complexity index is 984. The van der Waals surface area contributed by atoms with Gasteiger partial charge in [-0.15, -0.1) is 0 Å². The highest BCUT2D eigenvalue weighted by molar-refractivity contribution is 5.85. The van der Waals surface area contributed by atoms with Gasteiger partial charge >= 0.3 is 17.7 Å². The molecule has 1 amide bonds. The summed E-state index contributed by atoms with van der Waals surface area (Å²) < 4.78 is 16.1. The van der Waals surface area contributed by atoms with Crippen molar-refractivity contribution in [3.63, 3.8) is 0 Å². The molecular formula is C23H31NO6. The molecule has 2 rings (SSSR count). The molecule has 0 fully saturated rings. The second-order valence-corrected chi connectivity index (χ2v) is 8.89. The Balaban J connectivity index is 2.21. The second kappa shape index (κ2) is 9.32. The van der Waals surface area contributed by atoms with Gasteiger partial charge in [0, 0.05) is 17.0 Å². The first kappa shape index (κ1) is 23.4. The number of benzene rings is 1. The number of aryl methyl sites for hydroxylation is 1. The minimum Gasteiger partial charge on any atom is -0.444 e. The maximum atomic E-state index is 12.8. The molecular weight excluding hydrogens is 386 g/mol. The van der Waals surface area contributed by atoms with Crippen molar-refractivity contribution in [2.75, 3.05) is 0 Å². The summed E-state index contributed by atoms with van der Waals surface area (Å²) in [5.74, 6) is -0.0200. The van der Waals surface area contributed by atoms with E-state index in [0.29, 0.717) is 23.5 Å². The topological polar surface area (TPSA) is 94.8 Å². The van der Waals surface area contributed by atoms with E-state index < -0.39 is 29.3 Å². The van der Waals surface area contributed by atoms with Gasteiger partial charge in [-0.25, -0.2) is 14.4 Å². The Hall–Kier alpha value is -2.83. The molecule has 0 radical (unpaired) electrons. The predicted molar refractivity (Wildman–Crippen MR) is 115 cm³/mol. The van der Waals surface area contributed by atoms with E-state index in [2.05, 4.69) is 5.32 Å². The highest BCUT2D eigenvalue weighted by atomic mass is 16.6. The van der Waals surface area contributed by atoms with Crippen LogP contribution in [-0.4, -0.2) is 23.7 Å². The first-order valence-corrected chi connectivity index (χ1v) is 10.1. The zero-order valence-electron chi connectivity index (χ0n) is 18.8. The normalized spacial score (nSPS) is 12.7. The number of amides is 1. The molecule has 0 saturated carbocycles. The Labute approximate surface area is 176 Å². The third-order valence-electron chi connectivity index (χ3n) is 4.66. The average molecular weight is 418 g/mol. The molecule has 0 saturated heterocycles. The summed E-state index contributed by atoms with van der Waals surface area (Å²) in [4.78, 5) is 36.9. The van der Waals surface area contributed by atoms with Crippen LogP contribution in [-0.2, 0) is 9.53 Å². The van der Waals surface area contributed by atoms with Crippen LogP contribution in [0, 0.1) is 19.8 Å². The minimum absolute atomic E-state index is 0.236. The molecule has 1 N–H and O–H groups in total. The van der Waals surface area contributed by atoms with Gasteiger partial charge in [0.2, 0.25) is 0 Å². The quantitative estimate of drug-likeness (QED) is 0.418. The lowest BCUT2D eigenvalue weighted by Crippen LogP contribution is -2.45. The number of hydrogen-bond donors (Lipinski definition) is 1. The van der Waals surface area contributed by atoms with Gasteiger partial charge in [-0.3, -0.25) is 0 Å². The van der Waals surface area contributed by atoms with Gasteiger partial charge in [0.15, 0.2) is 0 Å². The maximum absolute atomic E-state index is 12.8. The Morgan fingerprint density at radius 2 is 1.77 bits per heavy atom. The van der Waals surface area contributed by atoms with E-state index in [9.17, 15) is 14.4 Å². The van der Waals surface area contributed by atoms with Crippen molar-refractivity contribution in [3.05, 3.63) is 39.7 Å². The fourth-order valence-electron chi connectivity index (χ4n) is 2.88. The van der Waals surface area contributed by atoms with Crippen LogP contribution in [0.25, 0.3) is 11.0 Å². The SMILES string of the molecule is Cc1c(C)c2ccc(OC(=O)C(CCC(C)C)NC(=O)OC(C)(C)C)cc2oc1=O. The van der Waals surface area contributed by atoms with Gasteiger partial charge in [0.1, 0.15) is 23.0 Å². The minimum atomic E-state index is -0.857. The summed E-state index contributed by atoms with van der Waals surface area (Å²) >= 11 is 0. The van der Waals surface area contributed by atoms with Crippen LogP contribution in [0.5, 0.6) is 5.75 Å². The van der Waals surface area contributed by atoms with E-state index in [4.69, 9.17) is 13.9 Å². The molecule has 164 valence electrons. The monoisotopic (exact) mass is 417 g/mol. The lowest BCUT2D eigenvalue weighted by Gasteiger charge is -2.23. The van der Waals surface area contributed by atoms with E-state index >= 15 is 0 Å². The standard InChI is InChI=1S/C23H31NO6/c1-13(2)8-11-18(24-22(27)30-23(5,6)7)21(26)28-16-9-10-17-14(3)15(4)20(25)29-19(17)12-16/h9-10,12-13,18H,8,11H2,1-7H3,(H,24,27). The molecule has 1 aromatic heterocycles. The van der Waals surface area contributed by atoms with E-state index in [1.54, 1.807) is 39.8 Å². The summed E-state index contributed by atoms with van der Waals surface area (Å²) in [5.41, 5.74) is 0.600. The molecule has 1 atom stereocenters. The highest BCUT2D eigenvalue weighted by Gasteiger charge is 2.26. The molecule has 2 aromatic rings. The smallest absolute Gasteiger partial charge is 0.408 e. The number of carbonyl (C=O) groups excluding carboxylic acids is 2. The molecule has 7 nitrogen and oxygen atoms in total. The predicted octanol–water partition coefficient (Wildman–Crippen LogP) is 4.64. The van der Waals surface area contributed by atoms with Crippen LogP contribution in [0.3, 0.4) is 0 Å². The Kier molecular flexibility index (Phi) is 7.29. The van der Waals surface area contributed by atoms with Crippen molar-refractivity contribution >= 4 is 23.0 Å². The number of esters is 1. The van der Waals surface area contributed by atoms with Gasteiger partial charge < -0.3 is 19.2 Å². The molecule has 0 aliphatic carbocycles. The number of ether oxygens (including phenoxy) is 2. The second-order valence-electron chi connectivity index (χ2n) is 8.89. The van der Waals surface area contributed by atoms with E-state index in [0.717, 1.165) is 17.4 Å². The van der Waals surface area contributed by atoms with Crippen molar-refractivity contribution in [1.82, 2.24) is 5.32 Å². The maximum Gasteiger partial charge on any atom is 0.408 e. The van der Waals surface area contributed by atoms with Gasteiger partial charge in [0.05, 0.1) is 0 Å². The van der Waals surface area contributed by atoms with Crippen molar-refractivity contribution in [2.45, 2.75) is 73.0 Å². The lowest BCUT2D eigenvalue weighted by molar-refractivity contribution is -0.137. The first-order chi connectivity index (χ1) is 13.9. The number of hydrogen-bond acceptors (Lipinski definition) is 6. The average Bonchev–Trinajstić information content (AvgIpc) is 2.61. The fraction of sp³-hybridized carbons (Fsp3) is 0.522. The molecule has 0 aliphatic heterocycles. The molecule has 0 bridgehead atoms.